The summed E-state index contributed by atoms with van der Waals surface area (Å²) < 4.78 is 0.917. The van der Waals surface area contributed by atoms with Crippen molar-refractivity contribution in [3.8, 4) is 0 Å². The fraction of sp³-hybridized carbons (Fsp3) is 0.154. The molecule has 82 valence electrons. The minimum atomic E-state index is -0.619. The van der Waals surface area contributed by atoms with Crippen LogP contribution in [-0.2, 0) is 0 Å². The van der Waals surface area contributed by atoms with E-state index in [0.29, 0.717) is 0 Å². The lowest BCUT2D eigenvalue weighted by Gasteiger charge is -2.14. The molecule has 2 nitrogen and oxygen atoms in total. The first-order valence-electron chi connectivity index (χ1n) is 5.03. The van der Waals surface area contributed by atoms with Gasteiger partial charge in [0.25, 0.3) is 0 Å². The fourth-order valence-corrected chi connectivity index (χ4v) is 1.95. The van der Waals surface area contributed by atoms with Crippen LogP contribution < -0.4 is 0 Å². The van der Waals surface area contributed by atoms with Crippen molar-refractivity contribution in [3.05, 3.63) is 63.9 Å². The molecule has 2 rings (SSSR count). The van der Waals surface area contributed by atoms with E-state index in [4.69, 9.17) is 0 Å². The lowest BCUT2D eigenvalue weighted by molar-refractivity contribution is 0.219. The summed E-state index contributed by atoms with van der Waals surface area (Å²) in [6.45, 7) is 1.97. The van der Waals surface area contributed by atoms with Gasteiger partial charge in [-0.3, -0.25) is 4.98 Å². The van der Waals surface area contributed by atoms with Gasteiger partial charge in [-0.25, -0.2) is 0 Å². The molecule has 16 heavy (non-hydrogen) atoms. The Morgan fingerprint density at radius 3 is 2.56 bits per heavy atom. The van der Waals surface area contributed by atoms with E-state index in [9.17, 15) is 5.11 Å². The quantitative estimate of drug-likeness (QED) is 0.914. The average Bonchev–Trinajstić information content (AvgIpc) is 2.33. The Balaban J connectivity index is 2.42. The van der Waals surface area contributed by atoms with Gasteiger partial charge in [0, 0.05) is 22.4 Å². The maximum Gasteiger partial charge on any atom is 0.106 e. The van der Waals surface area contributed by atoms with Gasteiger partial charge in [0.2, 0.25) is 0 Å². The highest BCUT2D eigenvalue weighted by Crippen LogP contribution is 2.27. The molecule has 0 amide bonds. The van der Waals surface area contributed by atoms with Crippen molar-refractivity contribution in [3.63, 3.8) is 0 Å². The molecule has 1 N–H and O–H groups in total. The van der Waals surface area contributed by atoms with Gasteiger partial charge < -0.3 is 5.11 Å². The van der Waals surface area contributed by atoms with Crippen molar-refractivity contribution in [2.75, 3.05) is 0 Å². The minimum Gasteiger partial charge on any atom is -0.384 e. The first-order valence-corrected chi connectivity index (χ1v) is 5.82. The van der Waals surface area contributed by atoms with Gasteiger partial charge in [-0.1, -0.05) is 30.3 Å². The van der Waals surface area contributed by atoms with E-state index < -0.39 is 6.10 Å². The standard InChI is InChI=1S/C13H12BrNO/c1-9-11(7-15-8-12(9)14)13(16)10-5-3-2-4-6-10/h2-8,13,16H,1H3. The molecular weight excluding hydrogens is 266 g/mol. The summed E-state index contributed by atoms with van der Waals surface area (Å²) >= 11 is 3.41. The van der Waals surface area contributed by atoms with E-state index in [1.165, 1.54) is 0 Å². The van der Waals surface area contributed by atoms with Gasteiger partial charge in [-0.15, -0.1) is 0 Å². The van der Waals surface area contributed by atoms with Gasteiger partial charge in [0.05, 0.1) is 0 Å². The van der Waals surface area contributed by atoms with Crippen molar-refractivity contribution in [2.24, 2.45) is 0 Å². The molecule has 0 aliphatic carbocycles. The number of pyridine rings is 1. The van der Waals surface area contributed by atoms with Gasteiger partial charge in [0.1, 0.15) is 6.10 Å². The summed E-state index contributed by atoms with van der Waals surface area (Å²) in [5, 5.41) is 10.2. The number of aromatic nitrogens is 1. The molecule has 0 aliphatic heterocycles. The number of hydrogen-bond donors (Lipinski definition) is 1. The second-order valence-corrected chi connectivity index (χ2v) is 4.50. The van der Waals surface area contributed by atoms with Crippen LogP contribution in [0.15, 0.2) is 47.2 Å². The van der Waals surface area contributed by atoms with Crippen molar-refractivity contribution >= 4 is 15.9 Å². The molecule has 0 saturated carbocycles. The zero-order chi connectivity index (χ0) is 11.5. The van der Waals surface area contributed by atoms with Gasteiger partial charge in [-0.2, -0.15) is 0 Å². The molecule has 1 unspecified atom stereocenters. The molecule has 1 heterocycles. The topological polar surface area (TPSA) is 33.1 Å². The Hall–Kier alpha value is -1.19. The predicted octanol–water partition coefficient (Wildman–Crippen LogP) is 3.23. The van der Waals surface area contributed by atoms with Crippen LogP contribution >= 0.6 is 15.9 Å². The Morgan fingerprint density at radius 1 is 1.19 bits per heavy atom. The molecular formula is C13H12BrNO. The smallest absolute Gasteiger partial charge is 0.106 e. The van der Waals surface area contributed by atoms with E-state index in [2.05, 4.69) is 20.9 Å². The Labute approximate surface area is 103 Å². The van der Waals surface area contributed by atoms with E-state index in [1.54, 1.807) is 12.4 Å². The number of nitrogens with zero attached hydrogens (tertiary/aromatic N) is 1. The maximum atomic E-state index is 10.2. The van der Waals surface area contributed by atoms with Crippen LogP contribution in [0.3, 0.4) is 0 Å². The third-order valence-corrected chi connectivity index (χ3v) is 3.40. The Morgan fingerprint density at radius 2 is 1.88 bits per heavy atom. The third-order valence-electron chi connectivity index (χ3n) is 2.60. The minimum absolute atomic E-state index is 0.619. The van der Waals surface area contributed by atoms with E-state index in [-0.39, 0.29) is 0 Å². The van der Waals surface area contributed by atoms with Crippen molar-refractivity contribution < 1.29 is 5.11 Å². The molecule has 0 saturated heterocycles. The van der Waals surface area contributed by atoms with Crippen LogP contribution in [0.25, 0.3) is 0 Å². The molecule has 2 aromatic rings. The highest BCUT2D eigenvalue weighted by Gasteiger charge is 2.14. The number of halogens is 1. The Kier molecular flexibility index (Phi) is 3.36. The summed E-state index contributed by atoms with van der Waals surface area (Å²) in [6, 6.07) is 9.58. The zero-order valence-corrected chi connectivity index (χ0v) is 10.5. The molecule has 1 atom stereocenters. The number of benzene rings is 1. The van der Waals surface area contributed by atoms with E-state index >= 15 is 0 Å². The summed E-state index contributed by atoms with van der Waals surface area (Å²) in [4.78, 5) is 4.08. The number of rotatable bonds is 2. The maximum absolute atomic E-state index is 10.2. The normalized spacial score (nSPS) is 12.4. The summed E-state index contributed by atoms with van der Waals surface area (Å²) in [5.41, 5.74) is 2.73. The molecule has 0 fully saturated rings. The number of aliphatic hydroxyl groups is 1. The van der Waals surface area contributed by atoms with Crippen molar-refractivity contribution in [2.45, 2.75) is 13.0 Å². The lowest BCUT2D eigenvalue weighted by atomic mass is 10.00. The molecule has 0 radical (unpaired) electrons. The van der Waals surface area contributed by atoms with Gasteiger partial charge in [0.15, 0.2) is 0 Å². The van der Waals surface area contributed by atoms with Crippen molar-refractivity contribution in [1.82, 2.24) is 4.98 Å². The van der Waals surface area contributed by atoms with Crippen LogP contribution in [0.2, 0.25) is 0 Å². The summed E-state index contributed by atoms with van der Waals surface area (Å²) in [5.74, 6) is 0. The second-order valence-electron chi connectivity index (χ2n) is 3.65. The largest absolute Gasteiger partial charge is 0.384 e. The highest BCUT2D eigenvalue weighted by atomic mass is 79.9. The molecule has 0 aliphatic rings. The summed E-state index contributed by atoms with van der Waals surface area (Å²) in [7, 11) is 0. The molecule has 0 bridgehead atoms. The summed E-state index contributed by atoms with van der Waals surface area (Å²) in [6.07, 6.45) is 2.82. The van der Waals surface area contributed by atoms with E-state index in [1.807, 2.05) is 37.3 Å². The molecule has 3 heteroatoms. The fourth-order valence-electron chi connectivity index (χ4n) is 1.61. The molecule has 0 spiro atoms. The SMILES string of the molecule is Cc1c(Br)cncc1C(O)c1ccccc1. The third kappa shape index (κ3) is 2.15. The highest BCUT2D eigenvalue weighted by molar-refractivity contribution is 9.10. The van der Waals surface area contributed by atoms with Crippen LogP contribution in [0.1, 0.15) is 22.8 Å². The lowest BCUT2D eigenvalue weighted by Crippen LogP contribution is -2.02. The first kappa shape index (κ1) is 11.3. The number of hydrogen-bond acceptors (Lipinski definition) is 2. The van der Waals surface area contributed by atoms with Crippen LogP contribution in [0, 0.1) is 6.92 Å². The predicted molar refractivity (Wildman–Crippen MR) is 67.2 cm³/mol. The van der Waals surface area contributed by atoms with Crippen molar-refractivity contribution in [1.29, 1.82) is 0 Å². The van der Waals surface area contributed by atoms with Crippen LogP contribution in [0.4, 0.5) is 0 Å². The average molecular weight is 278 g/mol. The van der Waals surface area contributed by atoms with Crippen LogP contribution in [-0.4, -0.2) is 10.1 Å². The van der Waals surface area contributed by atoms with Gasteiger partial charge >= 0.3 is 0 Å². The first-order chi connectivity index (χ1) is 7.70. The van der Waals surface area contributed by atoms with E-state index in [0.717, 1.165) is 21.2 Å². The molecule has 1 aromatic heterocycles. The molecule has 1 aromatic carbocycles. The number of aliphatic hydroxyl groups excluding tert-OH is 1. The van der Waals surface area contributed by atoms with Crippen LogP contribution in [0.5, 0.6) is 0 Å². The van der Waals surface area contributed by atoms with Gasteiger partial charge in [-0.05, 0) is 34.0 Å². The zero-order valence-electron chi connectivity index (χ0n) is 8.89. The Bertz CT molecular complexity index is 485. The second kappa shape index (κ2) is 4.76. The monoisotopic (exact) mass is 277 g/mol.